The lowest BCUT2D eigenvalue weighted by Crippen LogP contribution is -2.46. The largest absolute Gasteiger partial charge is 0.369 e. The molecular weight excluding hydrogens is 468 g/mol. The number of amides is 1. The lowest BCUT2D eigenvalue weighted by molar-refractivity contribution is -0.120. The van der Waals surface area contributed by atoms with Crippen molar-refractivity contribution in [3.05, 3.63) is 39.7 Å². The fourth-order valence-corrected chi connectivity index (χ4v) is 8.97. The number of aryl methyl sites for hydroxylation is 2. The van der Waals surface area contributed by atoms with Crippen molar-refractivity contribution in [2.45, 2.75) is 89.6 Å². The van der Waals surface area contributed by atoms with Gasteiger partial charge in [-0.05, 0) is 80.4 Å². The highest BCUT2D eigenvalue weighted by Gasteiger charge is 2.42. The summed E-state index contributed by atoms with van der Waals surface area (Å²) < 4.78 is 1.96. The van der Waals surface area contributed by atoms with Gasteiger partial charge in [0.2, 0.25) is 5.91 Å². The quantitative estimate of drug-likeness (QED) is 0.399. The fraction of sp³-hybridized carbons (Fsp3) is 0.536. The number of rotatable bonds is 5. The Bertz CT molecular complexity index is 1500. The summed E-state index contributed by atoms with van der Waals surface area (Å²) in [5.74, 6) is 0.777. The number of pyridine rings is 1. The Kier molecular flexibility index (Phi) is 5.09. The van der Waals surface area contributed by atoms with Crippen LogP contribution in [0.4, 0.5) is 0 Å². The van der Waals surface area contributed by atoms with Crippen molar-refractivity contribution < 1.29 is 4.79 Å². The topological polar surface area (TPSA) is 92.3 Å². The lowest BCUT2D eigenvalue weighted by Gasteiger charge is -2.38. The Morgan fingerprint density at radius 2 is 1.97 bits per heavy atom. The zero-order chi connectivity index (χ0) is 24.7. The number of nitrogens with two attached hydrogens (primary N) is 1. The monoisotopic (exact) mass is 502 g/mol. The summed E-state index contributed by atoms with van der Waals surface area (Å²) in [6.45, 7) is 7.38. The van der Waals surface area contributed by atoms with Gasteiger partial charge in [0.15, 0.2) is 5.65 Å². The summed E-state index contributed by atoms with van der Waals surface area (Å²) in [4.78, 5) is 25.3. The van der Waals surface area contributed by atoms with Gasteiger partial charge in [0.1, 0.15) is 11.2 Å². The minimum atomic E-state index is -0.198. The van der Waals surface area contributed by atoms with Crippen molar-refractivity contribution in [1.29, 1.82) is 0 Å². The zero-order valence-electron chi connectivity index (χ0n) is 21.3. The van der Waals surface area contributed by atoms with E-state index in [-0.39, 0.29) is 5.91 Å². The molecule has 4 aromatic rings. The molecule has 7 nitrogen and oxygen atoms in total. The number of piperidine rings is 1. The molecule has 6 heterocycles. The molecule has 1 amide bonds. The number of H-pyrrole nitrogens is 1. The van der Waals surface area contributed by atoms with Crippen molar-refractivity contribution >= 4 is 33.1 Å². The summed E-state index contributed by atoms with van der Waals surface area (Å²) in [6.07, 6.45) is 11.9. The number of primary amides is 1. The van der Waals surface area contributed by atoms with E-state index in [0.29, 0.717) is 30.5 Å². The van der Waals surface area contributed by atoms with E-state index in [2.05, 4.69) is 46.9 Å². The first-order valence-corrected chi connectivity index (χ1v) is 14.3. The maximum atomic E-state index is 11.6. The maximum absolute atomic E-state index is 11.6. The molecular formula is C28H34N6OS. The zero-order valence-corrected chi connectivity index (χ0v) is 22.1. The minimum absolute atomic E-state index is 0.198. The summed E-state index contributed by atoms with van der Waals surface area (Å²) in [7, 11) is 0. The molecule has 2 aliphatic heterocycles. The third-order valence-corrected chi connectivity index (χ3v) is 10.4. The molecule has 8 heteroatoms. The smallest absolute Gasteiger partial charge is 0.231 e. The van der Waals surface area contributed by atoms with Crippen LogP contribution in [0, 0.1) is 6.92 Å². The first-order valence-electron chi connectivity index (χ1n) is 13.4. The first kappa shape index (κ1) is 22.5. The molecule has 2 fully saturated rings. The van der Waals surface area contributed by atoms with Gasteiger partial charge in [0.05, 0.1) is 12.2 Å². The van der Waals surface area contributed by atoms with E-state index in [0.717, 1.165) is 31.3 Å². The van der Waals surface area contributed by atoms with Crippen LogP contribution in [0.1, 0.15) is 84.9 Å². The Labute approximate surface area is 215 Å². The van der Waals surface area contributed by atoms with Gasteiger partial charge in [-0.25, -0.2) is 9.50 Å². The SMILES string of the molecule is Cc1c(C2CC3CCC(C2)N3CC(N)=O)sc2[nH]c(-c3cn4ncnc4c4c3CCC4)c(C(C)C)c12. The molecule has 2 bridgehead atoms. The van der Waals surface area contributed by atoms with Crippen molar-refractivity contribution in [3.63, 3.8) is 0 Å². The number of aromatic amines is 1. The summed E-state index contributed by atoms with van der Waals surface area (Å²) in [6, 6.07) is 0.969. The van der Waals surface area contributed by atoms with Gasteiger partial charge in [0.25, 0.3) is 0 Å². The van der Waals surface area contributed by atoms with Crippen LogP contribution in [0.15, 0.2) is 12.5 Å². The van der Waals surface area contributed by atoms with Gasteiger partial charge in [-0.2, -0.15) is 5.10 Å². The van der Waals surface area contributed by atoms with E-state index in [4.69, 9.17) is 5.73 Å². The molecule has 3 aliphatic rings. The highest BCUT2D eigenvalue weighted by Crippen LogP contribution is 2.50. The molecule has 0 spiro atoms. The second-order valence-electron chi connectivity index (χ2n) is 11.4. The average molecular weight is 503 g/mol. The number of carbonyl (C=O) groups is 1. The van der Waals surface area contributed by atoms with E-state index in [9.17, 15) is 4.79 Å². The van der Waals surface area contributed by atoms with E-state index < -0.39 is 0 Å². The maximum Gasteiger partial charge on any atom is 0.231 e. The predicted octanol–water partition coefficient (Wildman–Crippen LogP) is 5.06. The molecule has 0 aromatic carbocycles. The average Bonchev–Trinajstić information content (AvgIpc) is 3.62. The first-order chi connectivity index (χ1) is 17.4. The van der Waals surface area contributed by atoms with E-state index in [1.807, 2.05) is 15.9 Å². The highest BCUT2D eigenvalue weighted by molar-refractivity contribution is 7.19. The third-order valence-electron chi connectivity index (χ3n) is 9.04. The van der Waals surface area contributed by atoms with Crippen molar-refractivity contribution in [3.8, 4) is 11.3 Å². The molecule has 188 valence electrons. The van der Waals surface area contributed by atoms with Gasteiger partial charge in [-0.1, -0.05) is 13.8 Å². The number of hydrogen-bond acceptors (Lipinski definition) is 5. The van der Waals surface area contributed by atoms with Crippen molar-refractivity contribution in [2.24, 2.45) is 5.73 Å². The van der Waals surface area contributed by atoms with Crippen LogP contribution in [0.25, 0.3) is 27.1 Å². The molecule has 1 aliphatic carbocycles. The number of nitrogens with zero attached hydrogens (tertiary/aromatic N) is 4. The van der Waals surface area contributed by atoms with Gasteiger partial charge in [-0.15, -0.1) is 11.3 Å². The lowest BCUT2D eigenvalue weighted by atomic mass is 9.86. The number of hydrogen-bond donors (Lipinski definition) is 2. The number of aromatic nitrogens is 4. The fourth-order valence-electron chi connectivity index (χ4n) is 7.62. The van der Waals surface area contributed by atoms with Crippen molar-refractivity contribution in [1.82, 2.24) is 24.5 Å². The third kappa shape index (κ3) is 3.23. The van der Waals surface area contributed by atoms with Crippen LogP contribution in [0.2, 0.25) is 0 Å². The molecule has 3 N–H and O–H groups in total. The molecule has 0 saturated carbocycles. The number of carbonyl (C=O) groups excluding carboxylic acids is 1. The Hall–Kier alpha value is -2.71. The van der Waals surface area contributed by atoms with E-state index >= 15 is 0 Å². The molecule has 0 radical (unpaired) electrons. The molecule has 2 unspecified atom stereocenters. The number of nitrogens with one attached hydrogen (secondary N) is 1. The predicted molar refractivity (Wildman–Crippen MR) is 144 cm³/mol. The van der Waals surface area contributed by atoms with Gasteiger partial charge < -0.3 is 10.7 Å². The molecule has 2 atom stereocenters. The number of fused-ring (bicyclic) bond motifs is 6. The highest BCUT2D eigenvalue weighted by atomic mass is 32.1. The molecule has 4 aromatic heterocycles. The Balaban J connectivity index is 1.32. The van der Waals surface area contributed by atoms with Gasteiger partial charge in [-0.3, -0.25) is 9.69 Å². The Morgan fingerprint density at radius 3 is 2.69 bits per heavy atom. The van der Waals surface area contributed by atoms with Crippen LogP contribution in [-0.2, 0) is 17.6 Å². The normalized spacial score (nSPS) is 23.9. The molecule has 36 heavy (non-hydrogen) atoms. The van der Waals surface area contributed by atoms with E-state index in [1.165, 1.54) is 67.9 Å². The van der Waals surface area contributed by atoms with Crippen LogP contribution >= 0.6 is 11.3 Å². The standard InChI is InChI=1S/C28H34N6OS/c1-14(2)23-24-15(3)26(16-9-17-7-8-18(10-16)33(17)12-22(29)35)36-28(24)32-25(23)21-11-34-27(30-13-31-34)20-6-4-5-19(20)21/h11,13-14,16-18,32H,4-10,12H2,1-3H3,(H2,29,35). The van der Waals surface area contributed by atoms with Crippen molar-refractivity contribution in [2.75, 3.05) is 6.54 Å². The van der Waals surface area contributed by atoms with Gasteiger partial charge >= 0.3 is 0 Å². The van der Waals surface area contributed by atoms with Crippen LogP contribution in [0.3, 0.4) is 0 Å². The van der Waals surface area contributed by atoms with Crippen LogP contribution in [0.5, 0.6) is 0 Å². The number of thiophene rings is 1. The minimum Gasteiger partial charge on any atom is -0.369 e. The summed E-state index contributed by atoms with van der Waals surface area (Å²) in [5, 5.41) is 5.92. The summed E-state index contributed by atoms with van der Waals surface area (Å²) in [5.41, 5.74) is 14.8. The van der Waals surface area contributed by atoms with Crippen LogP contribution in [-0.4, -0.2) is 49.0 Å². The van der Waals surface area contributed by atoms with Crippen LogP contribution < -0.4 is 5.73 Å². The second-order valence-corrected chi connectivity index (χ2v) is 12.5. The van der Waals surface area contributed by atoms with Gasteiger partial charge in [0, 0.05) is 39.7 Å². The second kappa shape index (κ2) is 8.15. The summed E-state index contributed by atoms with van der Waals surface area (Å²) >= 11 is 1.96. The molecule has 7 rings (SSSR count). The Morgan fingerprint density at radius 1 is 1.22 bits per heavy atom. The molecule has 2 saturated heterocycles. The van der Waals surface area contributed by atoms with E-state index in [1.54, 1.807) is 6.33 Å².